The first kappa shape index (κ1) is 19.2. The largest absolute Gasteiger partial charge is 0.350 e. The van der Waals surface area contributed by atoms with E-state index in [2.05, 4.69) is 5.32 Å². The van der Waals surface area contributed by atoms with E-state index in [0.717, 1.165) is 18.2 Å². The third-order valence-electron chi connectivity index (χ3n) is 3.94. The first-order chi connectivity index (χ1) is 12.9. The van der Waals surface area contributed by atoms with Crippen molar-refractivity contribution < 1.29 is 22.0 Å². The van der Waals surface area contributed by atoms with E-state index in [-0.39, 0.29) is 17.0 Å². The Bertz CT molecular complexity index is 1030. The Hall–Kier alpha value is -2.58. The van der Waals surface area contributed by atoms with Gasteiger partial charge in [-0.1, -0.05) is 18.2 Å². The molecule has 140 valence electrons. The Kier molecular flexibility index (Phi) is 5.67. The Morgan fingerprint density at radius 1 is 1.00 bits per heavy atom. The van der Waals surface area contributed by atoms with Crippen LogP contribution in [0.3, 0.4) is 0 Å². The molecule has 0 saturated heterocycles. The summed E-state index contributed by atoms with van der Waals surface area (Å²) in [4.78, 5) is 12.7. The van der Waals surface area contributed by atoms with Gasteiger partial charge in [0, 0.05) is 11.4 Å². The molecule has 27 heavy (non-hydrogen) atoms. The molecular formula is C19H15F2NO3S2. The van der Waals surface area contributed by atoms with Gasteiger partial charge in [0.25, 0.3) is 5.91 Å². The van der Waals surface area contributed by atoms with Crippen molar-refractivity contribution in [3.63, 3.8) is 0 Å². The van der Waals surface area contributed by atoms with Crippen LogP contribution in [0.25, 0.3) is 0 Å². The summed E-state index contributed by atoms with van der Waals surface area (Å²) >= 11 is 1.23. The summed E-state index contributed by atoms with van der Waals surface area (Å²) < 4.78 is 52.9. The molecule has 3 rings (SSSR count). The Balaban J connectivity index is 1.88. The van der Waals surface area contributed by atoms with Crippen LogP contribution >= 0.6 is 11.3 Å². The molecule has 0 bridgehead atoms. The third kappa shape index (κ3) is 4.23. The lowest BCUT2D eigenvalue weighted by Gasteiger charge is -2.17. The van der Waals surface area contributed by atoms with Gasteiger partial charge in [0.2, 0.25) is 0 Å². The van der Waals surface area contributed by atoms with Crippen molar-refractivity contribution in [2.75, 3.05) is 6.54 Å². The summed E-state index contributed by atoms with van der Waals surface area (Å²) in [6, 6.07) is 13.3. The number of carbonyl (C=O) groups is 1. The molecule has 0 aliphatic rings. The molecule has 1 atom stereocenters. The molecule has 0 saturated carbocycles. The molecule has 1 amide bonds. The quantitative estimate of drug-likeness (QED) is 0.629. The Morgan fingerprint density at radius 3 is 2.33 bits per heavy atom. The molecular weight excluding hydrogens is 392 g/mol. The molecule has 0 aliphatic heterocycles. The standard InChI is InChI=1S/C19H15F2NO3S2/c20-13-7-9-14(10-8-13)27(24,25)18(17-6-3-11-26-17)12-22-19(23)15-4-1-2-5-16(15)21/h1-11,18H,12H2,(H,22,23)/t18-/m1/s1. The van der Waals surface area contributed by atoms with Crippen molar-refractivity contribution in [1.82, 2.24) is 5.32 Å². The summed E-state index contributed by atoms with van der Waals surface area (Å²) in [6.45, 7) is -0.243. The van der Waals surface area contributed by atoms with Gasteiger partial charge in [0.15, 0.2) is 9.84 Å². The van der Waals surface area contributed by atoms with Crippen LogP contribution < -0.4 is 5.32 Å². The highest BCUT2D eigenvalue weighted by Crippen LogP contribution is 2.31. The van der Waals surface area contributed by atoms with Crippen LogP contribution in [0, 0.1) is 11.6 Å². The van der Waals surface area contributed by atoms with Gasteiger partial charge in [0.1, 0.15) is 16.9 Å². The minimum absolute atomic E-state index is 0.0533. The van der Waals surface area contributed by atoms with Crippen LogP contribution in [0.1, 0.15) is 20.5 Å². The van der Waals surface area contributed by atoms with Crippen molar-refractivity contribution >= 4 is 27.1 Å². The first-order valence-corrected chi connectivity index (χ1v) is 10.4. The fourth-order valence-electron chi connectivity index (χ4n) is 2.55. The predicted octanol–water partition coefficient (Wildman–Crippen LogP) is 3.97. The van der Waals surface area contributed by atoms with E-state index >= 15 is 0 Å². The summed E-state index contributed by atoms with van der Waals surface area (Å²) in [6.07, 6.45) is 0. The lowest BCUT2D eigenvalue weighted by atomic mass is 10.2. The lowest BCUT2D eigenvalue weighted by molar-refractivity contribution is 0.0949. The van der Waals surface area contributed by atoms with E-state index in [0.29, 0.717) is 4.88 Å². The maximum Gasteiger partial charge on any atom is 0.254 e. The molecule has 3 aromatic rings. The maximum atomic E-state index is 13.8. The summed E-state index contributed by atoms with van der Waals surface area (Å²) in [5.41, 5.74) is -0.165. The van der Waals surface area contributed by atoms with Crippen LogP contribution in [0.2, 0.25) is 0 Å². The molecule has 0 unspecified atom stereocenters. The monoisotopic (exact) mass is 407 g/mol. The molecule has 1 N–H and O–H groups in total. The highest BCUT2D eigenvalue weighted by molar-refractivity contribution is 7.91. The van der Waals surface area contributed by atoms with Gasteiger partial charge in [-0.05, 0) is 47.8 Å². The Labute approximate surface area is 159 Å². The Morgan fingerprint density at radius 2 is 1.70 bits per heavy atom. The zero-order chi connectivity index (χ0) is 19.4. The predicted molar refractivity (Wildman–Crippen MR) is 99.4 cm³/mol. The number of thiophene rings is 1. The SMILES string of the molecule is O=C(NC[C@H](c1cccs1)S(=O)(=O)c1ccc(F)cc1)c1ccccc1F. The molecule has 0 radical (unpaired) electrons. The molecule has 4 nitrogen and oxygen atoms in total. The average molecular weight is 407 g/mol. The van der Waals surface area contributed by atoms with E-state index < -0.39 is 32.6 Å². The van der Waals surface area contributed by atoms with Crippen LogP contribution in [-0.2, 0) is 9.84 Å². The van der Waals surface area contributed by atoms with Crippen LogP contribution in [0.15, 0.2) is 70.9 Å². The molecule has 0 spiro atoms. The molecule has 0 fully saturated rings. The van der Waals surface area contributed by atoms with E-state index in [1.807, 2.05) is 0 Å². The number of nitrogens with one attached hydrogen (secondary N) is 1. The van der Waals surface area contributed by atoms with Gasteiger partial charge in [0.05, 0.1) is 10.5 Å². The van der Waals surface area contributed by atoms with Gasteiger partial charge >= 0.3 is 0 Å². The van der Waals surface area contributed by atoms with Crippen LogP contribution in [0.4, 0.5) is 8.78 Å². The number of halogens is 2. The summed E-state index contributed by atoms with van der Waals surface area (Å²) in [5, 5.41) is 3.14. The zero-order valence-corrected chi connectivity index (χ0v) is 15.6. The van der Waals surface area contributed by atoms with Gasteiger partial charge in [-0.3, -0.25) is 4.79 Å². The summed E-state index contributed by atoms with van der Waals surface area (Å²) in [5.74, 6) is -1.94. The second-order valence-electron chi connectivity index (χ2n) is 5.69. The second-order valence-corrected chi connectivity index (χ2v) is 8.80. The number of benzene rings is 2. The van der Waals surface area contributed by atoms with E-state index in [9.17, 15) is 22.0 Å². The van der Waals surface area contributed by atoms with E-state index in [1.165, 1.54) is 41.7 Å². The zero-order valence-electron chi connectivity index (χ0n) is 13.9. The number of sulfone groups is 1. The smallest absolute Gasteiger partial charge is 0.254 e. The normalized spacial score (nSPS) is 12.5. The molecule has 0 aliphatic carbocycles. The lowest BCUT2D eigenvalue weighted by Crippen LogP contribution is -2.32. The minimum atomic E-state index is -3.89. The van der Waals surface area contributed by atoms with Crippen LogP contribution in [0.5, 0.6) is 0 Å². The maximum absolute atomic E-state index is 13.8. The number of amides is 1. The second kappa shape index (κ2) is 7.98. The van der Waals surface area contributed by atoms with Crippen molar-refractivity contribution in [1.29, 1.82) is 0 Å². The third-order valence-corrected chi connectivity index (χ3v) is 7.18. The molecule has 2 aromatic carbocycles. The van der Waals surface area contributed by atoms with Crippen molar-refractivity contribution in [2.24, 2.45) is 0 Å². The first-order valence-electron chi connectivity index (χ1n) is 7.95. The van der Waals surface area contributed by atoms with Crippen molar-refractivity contribution in [2.45, 2.75) is 10.1 Å². The highest BCUT2D eigenvalue weighted by Gasteiger charge is 2.30. The minimum Gasteiger partial charge on any atom is -0.350 e. The molecule has 8 heteroatoms. The van der Waals surface area contributed by atoms with Gasteiger partial charge in [-0.15, -0.1) is 11.3 Å². The molecule has 1 heterocycles. The van der Waals surface area contributed by atoms with Gasteiger partial charge in [-0.25, -0.2) is 17.2 Å². The number of carbonyl (C=O) groups excluding carboxylic acids is 1. The van der Waals surface area contributed by atoms with Gasteiger partial charge in [-0.2, -0.15) is 0 Å². The number of hydrogen-bond donors (Lipinski definition) is 1. The van der Waals surface area contributed by atoms with E-state index in [1.54, 1.807) is 17.5 Å². The van der Waals surface area contributed by atoms with E-state index in [4.69, 9.17) is 0 Å². The van der Waals surface area contributed by atoms with Crippen molar-refractivity contribution in [3.8, 4) is 0 Å². The number of hydrogen-bond acceptors (Lipinski definition) is 4. The average Bonchev–Trinajstić information content (AvgIpc) is 3.16. The fourth-order valence-corrected chi connectivity index (χ4v) is 5.34. The molecule has 1 aromatic heterocycles. The van der Waals surface area contributed by atoms with Gasteiger partial charge < -0.3 is 5.32 Å². The topological polar surface area (TPSA) is 63.2 Å². The van der Waals surface area contributed by atoms with Crippen molar-refractivity contribution in [3.05, 3.63) is 88.1 Å². The highest BCUT2D eigenvalue weighted by atomic mass is 32.2. The number of rotatable bonds is 6. The summed E-state index contributed by atoms with van der Waals surface area (Å²) in [7, 11) is -3.89. The fraction of sp³-hybridized carbons (Fsp3) is 0.105. The van der Waals surface area contributed by atoms with Crippen LogP contribution in [-0.4, -0.2) is 20.9 Å².